The van der Waals surface area contributed by atoms with Crippen molar-refractivity contribution in [2.75, 3.05) is 5.48 Å². The van der Waals surface area contributed by atoms with Gasteiger partial charge >= 0.3 is 5.97 Å². The highest BCUT2D eigenvalue weighted by Gasteiger charge is 2.25. The molecule has 1 N–H and O–H groups in total. The molecule has 0 fully saturated rings. The third-order valence-corrected chi connectivity index (χ3v) is 4.61. The molecule has 0 saturated carbocycles. The summed E-state index contributed by atoms with van der Waals surface area (Å²) in [5.74, 6) is -1.64. The molecule has 166 valence electrons. The fraction of sp³-hybridized carbons (Fsp3) is 0. The summed E-state index contributed by atoms with van der Waals surface area (Å²) in [7, 11) is 0. The van der Waals surface area contributed by atoms with Crippen LogP contribution < -0.4 is 5.48 Å². The van der Waals surface area contributed by atoms with Crippen molar-refractivity contribution < 1.29 is 24.3 Å². The highest BCUT2D eigenvalue weighted by molar-refractivity contribution is 9.10. The van der Waals surface area contributed by atoms with Crippen molar-refractivity contribution in [3.8, 4) is 0 Å². The predicted molar refractivity (Wildman–Crippen MR) is 118 cm³/mol. The zero-order valence-electron chi connectivity index (χ0n) is 16.4. The van der Waals surface area contributed by atoms with E-state index in [0.29, 0.717) is 23.0 Å². The second-order valence-corrected chi connectivity index (χ2v) is 7.18. The molecule has 33 heavy (non-hydrogen) atoms. The van der Waals surface area contributed by atoms with Gasteiger partial charge in [-0.3, -0.25) is 25.0 Å². The first-order valence-corrected chi connectivity index (χ1v) is 9.75. The van der Waals surface area contributed by atoms with Gasteiger partial charge in [0.1, 0.15) is 5.56 Å². The summed E-state index contributed by atoms with van der Waals surface area (Å²) in [5.41, 5.74) is 1.58. The van der Waals surface area contributed by atoms with E-state index in [4.69, 9.17) is 4.84 Å². The summed E-state index contributed by atoms with van der Waals surface area (Å²) < 4.78 is 0.822. The number of anilines is 1. The van der Waals surface area contributed by atoms with Crippen LogP contribution in [0.1, 0.15) is 20.7 Å². The van der Waals surface area contributed by atoms with Crippen LogP contribution in [-0.4, -0.2) is 21.7 Å². The maximum Gasteiger partial charge on any atom is 0.369 e. The summed E-state index contributed by atoms with van der Waals surface area (Å²) in [5, 5.41) is 29.4. The number of carbonyl (C=O) groups is 2. The minimum absolute atomic E-state index is 0.297. The quantitative estimate of drug-likeness (QED) is 0.249. The van der Waals surface area contributed by atoms with Crippen LogP contribution in [0.2, 0.25) is 0 Å². The van der Waals surface area contributed by atoms with Gasteiger partial charge in [-0.25, -0.2) is 10.3 Å². The fourth-order valence-corrected chi connectivity index (χ4v) is 2.73. The van der Waals surface area contributed by atoms with Crippen molar-refractivity contribution in [1.82, 2.24) is 0 Å². The van der Waals surface area contributed by atoms with Crippen LogP contribution >= 0.6 is 15.9 Å². The Kier molecular flexibility index (Phi) is 7.15. The Hall–Kier alpha value is -4.52. The van der Waals surface area contributed by atoms with Crippen LogP contribution in [0.5, 0.6) is 0 Å². The third-order valence-electron chi connectivity index (χ3n) is 4.09. The number of halogens is 1. The van der Waals surface area contributed by atoms with Crippen molar-refractivity contribution in [3.05, 3.63) is 103 Å². The molecule has 0 aliphatic heterocycles. The number of azo groups is 1. The normalized spacial score (nSPS) is 10.6. The highest BCUT2D eigenvalue weighted by atomic mass is 79.9. The van der Waals surface area contributed by atoms with Crippen molar-refractivity contribution in [3.63, 3.8) is 0 Å². The van der Waals surface area contributed by atoms with Gasteiger partial charge in [-0.05, 0) is 54.6 Å². The van der Waals surface area contributed by atoms with Crippen molar-refractivity contribution in [2.24, 2.45) is 10.2 Å². The number of hydrogen-bond donors (Lipinski definition) is 1. The van der Waals surface area contributed by atoms with Gasteiger partial charge in [0.2, 0.25) is 0 Å². The highest BCUT2D eigenvalue weighted by Crippen LogP contribution is 2.25. The van der Waals surface area contributed by atoms with E-state index in [-0.39, 0.29) is 0 Å². The molecule has 3 aromatic rings. The molecule has 12 nitrogen and oxygen atoms in total. The Balaban J connectivity index is 1.63. The minimum Gasteiger partial charge on any atom is -0.338 e. The second kappa shape index (κ2) is 10.2. The molecule has 0 atom stereocenters. The van der Waals surface area contributed by atoms with E-state index in [1.54, 1.807) is 24.3 Å². The number of nitrogens with one attached hydrogen (secondary N) is 1. The Morgan fingerprint density at radius 2 is 1.58 bits per heavy atom. The van der Waals surface area contributed by atoms with Crippen LogP contribution in [0.25, 0.3) is 0 Å². The number of nitro benzene ring substituents is 2. The number of amides is 1. The molecular formula is C20H12BrN5O7. The lowest BCUT2D eigenvalue weighted by Gasteiger charge is -2.07. The van der Waals surface area contributed by atoms with Crippen molar-refractivity contribution in [1.29, 1.82) is 0 Å². The summed E-state index contributed by atoms with van der Waals surface area (Å²) in [6, 6.07) is 15.1. The van der Waals surface area contributed by atoms with Gasteiger partial charge in [-0.1, -0.05) is 15.9 Å². The van der Waals surface area contributed by atoms with E-state index in [0.717, 1.165) is 16.6 Å². The first-order chi connectivity index (χ1) is 15.7. The molecule has 0 saturated heterocycles. The van der Waals surface area contributed by atoms with Crippen LogP contribution in [0.15, 0.2) is 81.4 Å². The maximum atomic E-state index is 12.2. The Morgan fingerprint density at radius 1 is 0.909 bits per heavy atom. The van der Waals surface area contributed by atoms with Gasteiger partial charge in [0.15, 0.2) is 0 Å². The first-order valence-electron chi connectivity index (χ1n) is 8.96. The molecule has 3 rings (SSSR count). The number of nitrogens with zero attached hydrogens (tertiary/aromatic N) is 4. The predicted octanol–water partition coefficient (Wildman–Crippen LogP) is 5.37. The topological polar surface area (TPSA) is 166 Å². The van der Waals surface area contributed by atoms with Crippen LogP contribution in [0.4, 0.5) is 22.7 Å². The maximum absolute atomic E-state index is 12.2. The second-order valence-electron chi connectivity index (χ2n) is 6.27. The molecule has 0 aromatic heterocycles. The Morgan fingerprint density at radius 3 is 2.18 bits per heavy atom. The first kappa shape index (κ1) is 23.1. The summed E-state index contributed by atoms with van der Waals surface area (Å²) >= 11 is 3.27. The van der Waals surface area contributed by atoms with Crippen LogP contribution in [0, 0.1) is 20.2 Å². The largest absolute Gasteiger partial charge is 0.369 e. The van der Waals surface area contributed by atoms with Crippen molar-refractivity contribution >= 4 is 50.6 Å². The van der Waals surface area contributed by atoms with E-state index in [1.807, 2.05) is 0 Å². The van der Waals surface area contributed by atoms with Gasteiger partial charge in [-0.2, -0.15) is 0 Å². The van der Waals surface area contributed by atoms with Gasteiger partial charge in [0, 0.05) is 16.1 Å². The zero-order chi connectivity index (χ0) is 24.0. The van der Waals surface area contributed by atoms with E-state index in [2.05, 4.69) is 31.6 Å². The molecule has 1 amide bonds. The zero-order valence-corrected chi connectivity index (χ0v) is 18.0. The number of benzene rings is 3. The molecule has 0 radical (unpaired) electrons. The van der Waals surface area contributed by atoms with E-state index in [9.17, 15) is 29.8 Å². The summed E-state index contributed by atoms with van der Waals surface area (Å²) in [6.07, 6.45) is 0. The van der Waals surface area contributed by atoms with E-state index >= 15 is 0 Å². The molecule has 0 bridgehead atoms. The summed E-state index contributed by atoms with van der Waals surface area (Å²) in [6.45, 7) is 0. The monoisotopic (exact) mass is 513 g/mol. The number of nitro groups is 2. The molecule has 0 spiro atoms. The van der Waals surface area contributed by atoms with E-state index < -0.39 is 38.7 Å². The molecule has 0 aliphatic rings. The number of carbonyl (C=O) groups excluding carboxylic acids is 2. The van der Waals surface area contributed by atoms with Crippen LogP contribution in [-0.2, 0) is 4.84 Å². The fourth-order valence-electron chi connectivity index (χ4n) is 2.47. The molecule has 13 heteroatoms. The SMILES string of the molecule is O=C(N=Nc1ccc(NOC(=O)c2ccc([N+](=O)[O-])cc2[N+](=O)[O-])cc1)c1ccc(Br)cc1. The van der Waals surface area contributed by atoms with Crippen LogP contribution in [0.3, 0.4) is 0 Å². The third kappa shape index (κ3) is 6.01. The number of non-ortho nitro benzene ring substituents is 1. The van der Waals surface area contributed by atoms with Gasteiger partial charge < -0.3 is 4.84 Å². The molecule has 0 aliphatic carbocycles. The molecular weight excluding hydrogens is 502 g/mol. The Labute approximate surface area is 193 Å². The summed E-state index contributed by atoms with van der Waals surface area (Å²) in [4.78, 5) is 49.2. The van der Waals surface area contributed by atoms with Gasteiger partial charge in [-0.15, -0.1) is 10.2 Å². The minimum atomic E-state index is -1.11. The average Bonchev–Trinajstić information content (AvgIpc) is 2.81. The lowest BCUT2D eigenvalue weighted by atomic mass is 10.1. The van der Waals surface area contributed by atoms with Crippen molar-refractivity contribution in [2.45, 2.75) is 0 Å². The van der Waals surface area contributed by atoms with E-state index in [1.165, 1.54) is 24.3 Å². The Bertz CT molecular complexity index is 1260. The van der Waals surface area contributed by atoms with Gasteiger partial charge in [0.05, 0.1) is 27.3 Å². The number of hydrogen-bond acceptors (Lipinski definition) is 9. The molecule has 0 heterocycles. The standard InChI is InChI=1S/C20H12BrN5O7/c21-13-3-1-12(2-4-13)19(27)23-22-14-5-7-15(8-6-14)24-33-20(28)17-10-9-16(25(29)30)11-18(17)26(31)32/h1-11,24H. The number of rotatable bonds is 7. The molecule has 3 aromatic carbocycles. The lowest BCUT2D eigenvalue weighted by Crippen LogP contribution is -2.12. The average molecular weight is 514 g/mol. The van der Waals surface area contributed by atoms with Gasteiger partial charge in [0.25, 0.3) is 17.3 Å². The molecule has 0 unspecified atom stereocenters. The lowest BCUT2D eigenvalue weighted by molar-refractivity contribution is -0.394. The smallest absolute Gasteiger partial charge is 0.338 e.